The van der Waals surface area contributed by atoms with Gasteiger partial charge in [-0.1, -0.05) is 6.07 Å². The van der Waals surface area contributed by atoms with E-state index < -0.39 is 10.8 Å². The van der Waals surface area contributed by atoms with Crippen LogP contribution in [0.15, 0.2) is 18.2 Å². The van der Waals surface area contributed by atoms with Gasteiger partial charge in [0.25, 0.3) is 11.6 Å². The molecule has 6 nitrogen and oxygen atoms in total. The molecule has 0 fully saturated rings. The van der Waals surface area contributed by atoms with Crippen LogP contribution in [0, 0.1) is 17.0 Å². The van der Waals surface area contributed by atoms with Gasteiger partial charge in [0.15, 0.2) is 0 Å². The zero-order valence-electron chi connectivity index (χ0n) is 9.64. The van der Waals surface area contributed by atoms with E-state index in [2.05, 4.69) is 5.32 Å². The van der Waals surface area contributed by atoms with E-state index >= 15 is 0 Å². The predicted molar refractivity (Wildman–Crippen MR) is 61.8 cm³/mol. The number of aryl methyl sites for hydroxylation is 1. The van der Waals surface area contributed by atoms with E-state index in [0.29, 0.717) is 5.56 Å². The summed E-state index contributed by atoms with van der Waals surface area (Å²) in [6, 6.07) is 3.88. The molecule has 0 spiro atoms. The number of aliphatic hydroxyl groups excluding tert-OH is 1. The maximum absolute atomic E-state index is 11.7. The first kappa shape index (κ1) is 13.1. The standard InChI is InChI=1S/C11H14N2O4/c1-7-3-4-9(5-10(7)13(16)17)11(15)12-8(2)6-14/h3-5,8,14H,6H2,1-2H3,(H,12,15)/t8-/m0/s1. The summed E-state index contributed by atoms with van der Waals surface area (Å²) in [7, 11) is 0. The van der Waals surface area contributed by atoms with Gasteiger partial charge in [-0.05, 0) is 19.9 Å². The summed E-state index contributed by atoms with van der Waals surface area (Å²) >= 11 is 0. The number of hydrogen-bond donors (Lipinski definition) is 2. The number of amides is 1. The van der Waals surface area contributed by atoms with Crippen molar-refractivity contribution in [3.8, 4) is 0 Å². The number of carbonyl (C=O) groups is 1. The molecule has 92 valence electrons. The van der Waals surface area contributed by atoms with E-state index in [1.165, 1.54) is 18.2 Å². The summed E-state index contributed by atoms with van der Waals surface area (Å²) in [6.07, 6.45) is 0. The molecule has 0 heterocycles. The molecule has 17 heavy (non-hydrogen) atoms. The molecule has 0 aromatic heterocycles. The maximum Gasteiger partial charge on any atom is 0.273 e. The van der Waals surface area contributed by atoms with Gasteiger partial charge >= 0.3 is 0 Å². The average molecular weight is 238 g/mol. The lowest BCUT2D eigenvalue weighted by Crippen LogP contribution is -2.35. The first-order chi connectivity index (χ1) is 7.95. The molecule has 0 unspecified atom stereocenters. The van der Waals surface area contributed by atoms with Gasteiger partial charge in [-0.25, -0.2) is 0 Å². The van der Waals surface area contributed by atoms with E-state index in [0.717, 1.165) is 0 Å². The van der Waals surface area contributed by atoms with Crippen LogP contribution in [0.1, 0.15) is 22.8 Å². The highest BCUT2D eigenvalue weighted by Gasteiger charge is 2.15. The molecule has 6 heteroatoms. The second kappa shape index (κ2) is 5.40. The molecule has 1 rings (SSSR count). The molecule has 1 aromatic rings. The number of rotatable bonds is 4. The van der Waals surface area contributed by atoms with Crippen LogP contribution in [0.2, 0.25) is 0 Å². The molecule has 0 aliphatic rings. The Hall–Kier alpha value is -1.95. The Labute approximate surface area is 98.4 Å². The van der Waals surface area contributed by atoms with E-state index in [9.17, 15) is 14.9 Å². The zero-order valence-corrected chi connectivity index (χ0v) is 9.64. The normalized spacial score (nSPS) is 11.9. The minimum absolute atomic E-state index is 0.0886. The SMILES string of the molecule is Cc1ccc(C(=O)N[C@@H](C)CO)cc1[N+](=O)[O-]. The predicted octanol–water partition coefficient (Wildman–Crippen LogP) is 1.01. The summed E-state index contributed by atoms with van der Waals surface area (Å²) in [5.74, 6) is -0.436. The summed E-state index contributed by atoms with van der Waals surface area (Å²) in [5, 5.41) is 22.0. The molecule has 0 saturated heterocycles. The molecule has 0 aliphatic heterocycles. The van der Waals surface area contributed by atoms with Crippen molar-refractivity contribution >= 4 is 11.6 Å². The van der Waals surface area contributed by atoms with E-state index in [-0.39, 0.29) is 23.9 Å². The van der Waals surface area contributed by atoms with Gasteiger partial charge in [-0.2, -0.15) is 0 Å². The van der Waals surface area contributed by atoms with Crippen molar-refractivity contribution in [3.05, 3.63) is 39.4 Å². The first-order valence-corrected chi connectivity index (χ1v) is 5.12. The molecule has 0 radical (unpaired) electrons. The molecule has 0 bridgehead atoms. The topological polar surface area (TPSA) is 92.5 Å². The number of nitrogens with zero attached hydrogens (tertiary/aromatic N) is 1. The van der Waals surface area contributed by atoms with E-state index in [1.807, 2.05) is 0 Å². The van der Waals surface area contributed by atoms with Crippen molar-refractivity contribution in [2.24, 2.45) is 0 Å². The molecule has 1 amide bonds. The van der Waals surface area contributed by atoms with Gasteiger partial charge in [0.05, 0.1) is 11.5 Å². The molecule has 1 aromatic carbocycles. The Balaban J connectivity index is 2.96. The molecule has 0 saturated carbocycles. The first-order valence-electron chi connectivity index (χ1n) is 5.12. The van der Waals surface area contributed by atoms with Gasteiger partial charge < -0.3 is 10.4 Å². The summed E-state index contributed by atoms with van der Waals surface area (Å²) in [5.41, 5.74) is 0.624. The number of aliphatic hydroxyl groups is 1. The Morgan fingerprint density at radius 3 is 2.76 bits per heavy atom. The fourth-order valence-electron chi connectivity index (χ4n) is 1.30. The fourth-order valence-corrected chi connectivity index (χ4v) is 1.30. The Kier molecular flexibility index (Phi) is 4.17. The van der Waals surface area contributed by atoms with Crippen LogP contribution >= 0.6 is 0 Å². The number of nitrogens with one attached hydrogen (secondary N) is 1. The minimum Gasteiger partial charge on any atom is -0.394 e. The van der Waals surface area contributed by atoms with Crippen molar-refractivity contribution < 1.29 is 14.8 Å². The van der Waals surface area contributed by atoms with Crippen LogP contribution in [0.5, 0.6) is 0 Å². The third kappa shape index (κ3) is 3.25. The Bertz CT molecular complexity index is 445. The summed E-state index contributed by atoms with van der Waals surface area (Å²) in [4.78, 5) is 21.8. The Morgan fingerprint density at radius 2 is 2.24 bits per heavy atom. The van der Waals surface area contributed by atoms with Gasteiger partial charge in [0, 0.05) is 23.2 Å². The summed E-state index contributed by atoms with van der Waals surface area (Å²) < 4.78 is 0. The van der Waals surface area contributed by atoms with E-state index in [1.54, 1.807) is 13.8 Å². The highest BCUT2D eigenvalue weighted by atomic mass is 16.6. The number of benzene rings is 1. The van der Waals surface area contributed by atoms with Crippen LogP contribution in [0.4, 0.5) is 5.69 Å². The number of nitro groups is 1. The monoisotopic (exact) mass is 238 g/mol. The Morgan fingerprint density at radius 1 is 1.59 bits per heavy atom. The lowest BCUT2D eigenvalue weighted by molar-refractivity contribution is -0.385. The molecule has 2 N–H and O–H groups in total. The number of carbonyl (C=O) groups excluding carboxylic acids is 1. The lowest BCUT2D eigenvalue weighted by Gasteiger charge is -2.10. The van der Waals surface area contributed by atoms with Crippen molar-refractivity contribution in [3.63, 3.8) is 0 Å². The van der Waals surface area contributed by atoms with Gasteiger partial charge in [0.1, 0.15) is 0 Å². The van der Waals surface area contributed by atoms with Crippen LogP contribution in [-0.2, 0) is 0 Å². The van der Waals surface area contributed by atoms with Crippen molar-refractivity contribution in [2.45, 2.75) is 19.9 Å². The fraction of sp³-hybridized carbons (Fsp3) is 0.364. The quantitative estimate of drug-likeness (QED) is 0.605. The highest BCUT2D eigenvalue weighted by molar-refractivity contribution is 5.95. The number of hydrogen-bond acceptors (Lipinski definition) is 4. The molecule has 0 aliphatic carbocycles. The van der Waals surface area contributed by atoms with Crippen LogP contribution in [0.25, 0.3) is 0 Å². The average Bonchev–Trinajstić information content (AvgIpc) is 2.28. The largest absolute Gasteiger partial charge is 0.394 e. The molecular formula is C11H14N2O4. The maximum atomic E-state index is 11.7. The van der Waals surface area contributed by atoms with Crippen molar-refractivity contribution in [1.29, 1.82) is 0 Å². The van der Waals surface area contributed by atoms with Crippen LogP contribution in [0.3, 0.4) is 0 Å². The van der Waals surface area contributed by atoms with Crippen LogP contribution in [-0.4, -0.2) is 28.6 Å². The third-order valence-corrected chi connectivity index (χ3v) is 2.32. The van der Waals surface area contributed by atoms with E-state index in [4.69, 9.17) is 5.11 Å². The second-order valence-electron chi connectivity index (χ2n) is 3.82. The lowest BCUT2D eigenvalue weighted by atomic mass is 10.1. The van der Waals surface area contributed by atoms with Gasteiger partial charge in [0.2, 0.25) is 0 Å². The molecular weight excluding hydrogens is 224 g/mol. The minimum atomic E-state index is -0.526. The van der Waals surface area contributed by atoms with Gasteiger partial charge in [-0.15, -0.1) is 0 Å². The molecule has 1 atom stereocenters. The summed E-state index contributed by atoms with van der Waals surface area (Å²) in [6.45, 7) is 3.07. The smallest absolute Gasteiger partial charge is 0.273 e. The number of nitro benzene ring substituents is 1. The van der Waals surface area contributed by atoms with Crippen molar-refractivity contribution in [1.82, 2.24) is 5.32 Å². The second-order valence-corrected chi connectivity index (χ2v) is 3.82. The van der Waals surface area contributed by atoms with Crippen molar-refractivity contribution in [2.75, 3.05) is 6.61 Å². The van der Waals surface area contributed by atoms with Crippen LogP contribution < -0.4 is 5.32 Å². The zero-order chi connectivity index (χ0) is 13.0. The highest BCUT2D eigenvalue weighted by Crippen LogP contribution is 2.19. The van der Waals surface area contributed by atoms with Gasteiger partial charge in [-0.3, -0.25) is 14.9 Å². The third-order valence-electron chi connectivity index (χ3n) is 2.32.